The van der Waals surface area contributed by atoms with Gasteiger partial charge in [0.1, 0.15) is 6.04 Å². The summed E-state index contributed by atoms with van der Waals surface area (Å²) in [5.74, 6) is -1.07. The fraction of sp³-hybridized carbons (Fsp3) is 0.125. The van der Waals surface area contributed by atoms with Crippen molar-refractivity contribution in [1.82, 2.24) is 0 Å². The lowest BCUT2D eigenvalue weighted by atomic mass is 10.1. The Morgan fingerprint density at radius 2 is 2.23 bits per heavy atom. The van der Waals surface area contributed by atoms with Gasteiger partial charge >= 0.3 is 5.97 Å². The number of carboxylic acids is 1. The van der Waals surface area contributed by atoms with E-state index < -0.39 is 12.0 Å². The fourth-order valence-electron chi connectivity index (χ4n) is 0.887. The van der Waals surface area contributed by atoms with Crippen LogP contribution in [0.5, 0.6) is 0 Å². The Kier molecular flexibility index (Phi) is 3.30. The smallest absolute Gasteiger partial charge is 0.325 e. The Balaban J connectivity index is 3.08. The highest BCUT2D eigenvalue weighted by Gasteiger charge is 2.16. The van der Waals surface area contributed by atoms with Crippen LogP contribution in [0.3, 0.4) is 0 Å². The van der Waals surface area contributed by atoms with Gasteiger partial charge in [0.25, 0.3) is 0 Å². The molecule has 0 fully saturated rings. The van der Waals surface area contributed by atoms with Gasteiger partial charge in [0.2, 0.25) is 0 Å². The predicted octanol–water partition coefficient (Wildman–Crippen LogP) is 2.19. The monoisotopic (exact) mass is 263 g/mol. The molecule has 0 aliphatic heterocycles. The summed E-state index contributed by atoms with van der Waals surface area (Å²) in [6.07, 6.45) is 0. The van der Waals surface area contributed by atoms with Gasteiger partial charge < -0.3 is 10.8 Å². The Labute approximate surface area is 88.6 Å². The SMILES string of the molecule is N[C@H](C(=O)O)c1ccc(Cl)cc1Br. The molecular weight excluding hydrogens is 257 g/mol. The van der Waals surface area contributed by atoms with Gasteiger partial charge in [-0.05, 0) is 17.7 Å². The molecule has 0 amide bonds. The van der Waals surface area contributed by atoms with Crippen molar-refractivity contribution in [3.05, 3.63) is 33.3 Å². The molecule has 1 aromatic carbocycles. The first-order valence-electron chi connectivity index (χ1n) is 3.45. The second kappa shape index (κ2) is 4.09. The van der Waals surface area contributed by atoms with Crippen molar-refractivity contribution in [3.8, 4) is 0 Å². The molecule has 0 spiro atoms. The van der Waals surface area contributed by atoms with Crippen LogP contribution in [0.1, 0.15) is 11.6 Å². The topological polar surface area (TPSA) is 63.3 Å². The standard InChI is InChI=1S/C8H7BrClNO2/c9-6-3-4(10)1-2-5(6)7(11)8(12)13/h1-3,7H,11H2,(H,12,13)/t7-/m0/s1. The predicted molar refractivity (Wildman–Crippen MR) is 53.7 cm³/mol. The van der Waals surface area contributed by atoms with Crippen molar-refractivity contribution in [2.24, 2.45) is 5.73 Å². The van der Waals surface area contributed by atoms with Gasteiger partial charge in [-0.1, -0.05) is 33.6 Å². The van der Waals surface area contributed by atoms with Crippen molar-refractivity contribution in [2.75, 3.05) is 0 Å². The fourth-order valence-corrected chi connectivity index (χ4v) is 1.82. The largest absolute Gasteiger partial charge is 0.480 e. The molecule has 0 saturated carbocycles. The van der Waals surface area contributed by atoms with Crippen LogP contribution in [0.25, 0.3) is 0 Å². The van der Waals surface area contributed by atoms with Crippen LogP contribution >= 0.6 is 27.5 Å². The lowest BCUT2D eigenvalue weighted by Crippen LogP contribution is -2.20. The second-order valence-electron chi connectivity index (χ2n) is 2.48. The average Bonchev–Trinajstić information content (AvgIpc) is 2.03. The van der Waals surface area contributed by atoms with Gasteiger partial charge in [-0.15, -0.1) is 0 Å². The van der Waals surface area contributed by atoms with Gasteiger partial charge in [-0.25, -0.2) is 0 Å². The summed E-state index contributed by atoms with van der Waals surface area (Å²) in [5, 5.41) is 9.19. The second-order valence-corrected chi connectivity index (χ2v) is 3.77. The summed E-state index contributed by atoms with van der Waals surface area (Å²) in [4.78, 5) is 10.6. The Hall–Kier alpha value is -0.580. The van der Waals surface area contributed by atoms with Crippen LogP contribution in [0, 0.1) is 0 Å². The van der Waals surface area contributed by atoms with E-state index in [2.05, 4.69) is 15.9 Å². The van der Waals surface area contributed by atoms with Crippen LogP contribution in [-0.4, -0.2) is 11.1 Å². The van der Waals surface area contributed by atoms with Crippen LogP contribution in [0.4, 0.5) is 0 Å². The van der Waals surface area contributed by atoms with Gasteiger partial charge in [-0.2, -0.15) is 0 Å². The normalized spacial score (nSPS) is 12.5. The molecule has 3 N–H and O–H groups in total. The molecule has 3 nitrogen and oxygen atoms in total. The van der Waals surface area contributed by atoms with E-state index in [0.29, 0.717) is 15.1 Å². The van der Waals surface area contributed by atoms with E-state index >= 15 is 0 Å². The van der Waals surface area contributed by atoms with E-state index in [0.717, 1.165) is 0 Å². The zero-order valence-electron chi connectivity index (χ0n) is 6.50. The Morgan fingerprint density at radius 3 is 2.69 bits per heavy atom. The molecule has 5 heteroatoms. The van der Waals surface area contributed by atoms with Crippen molar-refractivity contribution in [3.63, 3.8) is 0 Å². The molecule has 0 aliphatic carbocycles. The third kappa shape index (κ3) is 2.43. The Bertz CT molecular complexity index is 343. The maximum Gasteiger partial charge on any atom is 0.325 e. The molecule has 70 valence electrons. The van der Waals surface area contributed by atoms with Crippen molar-refractivity contribution in [2.45, 2.75) is 6.04 Å². The van der Waals surface area contributed by atoms with Crippen LogP contribution < -0.4 is 5.73 Å². The summed E-state index contributed by atoms with van der Waals surface area (Å²) < 4.78 is 0.606. The Morgan fingerprint density at radius 1 is 1.62 bits per heavy atom. The van der Waals surface area contributed by atoms with Crippen molar-refractivity contribution < 1.29 is 9.90 Å². The zero-order chi connectivity index (χ0) is 10.0. The molecule has 0 unspecified atom stereocenters. The number of hydrogen-bond acceptors (Lipinski definition) is 2. The molecular formula is C8H7BrClNO2. The molecule has 0 aromatic heterocycles. The zero-order valence-corrected chi connectivity index (χ0v) is 8.84. The highest BCUT2D eigenvalue weighted by molar-refractivity contribution is 9.10. The lowest BCUT2D eigenvalue weighted by Gasteiger charge is -2.08. The molecule has 1 atom stereocenters. The number of nitrogens with two attached hydrogens (primary N) is 1. The molecule has 0 radical (unpaired) electrons. The number of benzene rings is 1. The minimum Gasteiger partial charge on any atom is -0.480 e. The molecule has 0 heterocycles. The van der Waals surface area contributed by atoms with Gasteiger partial charge in [0.05, 0.1) is 0 Å². The molecule has 0 saturated heterocycles. The van der Waals surface area contributed by atoms with E-state index in [1.165, 1.54) is 0 Å². The summed E-state index contributed by atoms with van der Waals surface area (Å²) >= 11 is 8.87. The van der Waals surface area contributed by atoms with Crippen molar-refractivity contribution in [1.29, 1.82) is 0 Å². The number of carbonyl (C=O) groups is 1. The van der Waals surface area contributed by atoms with Crippen LogP contribution in [-0.2, 0) is 4.79 Å². The molecule has 13 heavy (non-hydrogen) atoms. The van der Waals surface area contributed by atoms with Gasteiger partial charge in [-0.3, -0.25) is 4.79 Å². The van der Waals surface area contributed by atoms with Gasteiger partial charge in [0.15, 0.2) is 0 Å². The van der Waals surface area contributed by atoms with Gasteiger partial charge in [0, 0.05) is 9.50 Å². The summed E-state index contributed by atoms with van der Waals surface area (Å²) in [5.41, 5.74) is 5.93. The third-order valence-electron chi connectivity index (χ3n) is 1.56. The van der Waals surface area contributed by atoms with Crippen molar-refractivity contribution >= 4 is 33.5 Å². The molecule has 0 bridgehead atoms. The first-order valence-corrected chi connectivity index (χ1v) is 4.63. The molecule has 1 aromatic rings. The third-order valence-corrected chi connectivity index (χ3v) is 2.49. The minimum absolute atomic E-state index is 0.511. The summed E-state index contributed by atoms with van der Waals surface area (Å²) in [6.45, 7) is 0. The number of hydrogen-bond donors (Lipinski definition) is 2. The maximum absolute atomic E-state index is 10.6. The average molecular weight is 265 g/mol. The number of aliphatic carboxylic acids is 1. The molecule has 0 aliphatic rings. The summed E-state index contributed by atoms with van der Waals surface area (Å²) in [6, 6.07) is 3.78. The number of rotatable bonds is 2. The van der Waals surface area contributed by atoms with E-state index in [1.54, 1.807) is 18.2 Å². The highest BCUT2D eigenvalue weighted by atomic mass is 79.9. The number of halogens is 2. The molecule has 1 rings (SSSR count). The lowest BCUT2D eigenvalue weighted by molar-refractivity contribution is -0.138. The van der Waals surface area contributed by atoms with Crippen LogP contribution in [0.15, 0.2) is 22.7 Å². The van der Waals surface area contributed by atoms with E-state index in [-0.39, 0.29) is 0 Å². The van der Waals surface area contributed by atoms with Crippen LogP contribution in [0.2, 0.25) is 5.02 Å². The minimum atomic E-state index is -1.07. The quantitative estimate of drug-likeness (QED) is 0.860. The highest BCUT2D eigenvalue weighted by Crippen LogP contribution is 2.25. The van der Waals surface area contributed by atoms with E-state index in [4.69, 9.17) is 22.4 Å². The first kappa shape index (κ1) is 10.5. The first-order chi connectivity index (χ1) is 6.02. The summed E-state index contributed by atoms with van der Waals surface area (Å²) in [7, 11) is 0. The number of carboxylic acid groups (broad SMARTS) is 1. The van der Waals surface area contributed by atoms with E-state index in [1.807, 2.05) is 0 Å². The maximum atomic E-state index is 10.6. The van der Waals surface area contributed by atoms with E-state index in [9.17, 15) is 4.79 Å².